The van der Waals surface area contributed by atoms with E-state index in [-0.39, 0.29) is 11.8 Å². The van der Waals surface area contributed by atoms with Gasteiger partial charge in [0.2, 0.25) is 0 Å². The van der Waals surface area contributed by atoms with Crippen molar-refractivity contribution in [3.63, 3.8) is 0 Å². The van der Waals surface area contributed by atoms with Gasteiger partial charge >= 0.3 is 0 Å². The van der Waals surface area contributed by atoms with Gasteiger partial charge in [0.15, 0.2) is 5.75 Å². The molecule has 1 aliphatic heterocycles. The Morgan fingerprint density at radius 1 is 1.27 bits per heavy atom. The van der Waals surface area contributed by atoms with Crippen LogP contribution in [0, 0.1) is 0 Å². The Morgan fingerprint density at radius 2 is 1.93 bits per heavy atom. The van der Waals surface area contributed by atoms with E-state index in [2.05, 4.69) is 10.6 Å². The average Bonchev–Trinajstić information content (AvgIpc) is 2.29. The fraction of sp³-hybridized carbons (Fsp3) is 0.600. The zero-order chi connectivity index (χ0) is 10.8. The second-order valence-corrected chi connectivity index (χ2v) is 3.74. The third-order valence-corrected chi connectivity index (χ3v) is 2.76. The largest absolute Gasteiger partial charge is 0.491 e. The summed E-state index contributed by atoms with van der Waals surface area (Å²) in [4.78, 5) is 22.3. The molecule has 2 N–H and O–H groups in total. The molecule has 1 heterocycles. The Bertz CT molecular complexity index is 414. The molecule has 5 heteroatoms. The van der Waals surface area contributed by atoms with Crippen LogP contribution in [-0.2, 0) is 0 Å². The zero-order valence-electron chi connectivity index (χ0n) is 8.63. The van der Waals surface area contributed by atoms with E-state index in [0.29, 0.717) is 5.69 Å². The minimum Gasteiger partial charge on any atom is -0.491 e. The van der Waals surface area contributed by atoms with Crippen molar-refractivity contribution in [1.82, 2.24) is 5.32 Å². The summed E-state index contributed by atoms with van der Waals surface area (Å²) in [5.41, 5.74) is -0.617. The van der Waals surface area contributed by atoms with Gasteiger partial charge in [-0.05, 0) is 25.9 Å². The smallest absolute Gasteiger partial charge is 0.271 e. The van der Waals surface area contributed by atoms with E-state index >= 15 is 0 Å². The van der Waals surface area contributed by atoms with E-state index in [4.69, 9.17) is 4.74 Å². The van der Waals surface area contributed by atoms with Crippen LogP contribution in [0.3, 0.4) is 0 Å². The van der Waals surface area contributed by atoms with E-state index in [1.165, 1.54) is 7.11 Å². The van der Waals surface area contributed by atoms with Crippen molar-refractivity contribution < 1.29 is 4.74 Å². The van der Waals surface area contributed by atoms with Crippen LogP contribution in [0.1, 0.15) is 12.8 Å². The maximum atomic E-state index is 11.2. The minimum absolute atomic E-state index is 0.179. The fourth-order valence-electron chi connectivity index (χ4n) is 1.87. The van der Waals surface area contributed by atoms with Crippen LogP contribution in [0.25, 0.3) is 0 Å². The van der Waals surface area contributed by atoms with Crippen LogP contribution < -0.4 is 26.2 Å². The summed E-state index contributed by atoms with van der Waals surface area (Å²) in [5, 5.41) is 6.31. The molecule has 15 heavy (non-hydrogen) atoms. The Kier molecular flexibility index (Phi) is 2.73. The highest BCUT2D eigenvalue weighted by Crippen LogP contribution is 2.19. The van der Waals surface area contributed by atoms with E-state index in [1.54, 1.807) is 0 Å². The summed E-state index contributed by atoms with van der Waals surface area (Å²) in [6, 6.07) is 0.267. The third kappa shape index (κ3) is 1.74. The predicted octanol–water partition coefficient (Wildman–Crippen LogP) is -0.545. The summed E-state index contributed by atoms with van der Waals surface area (Å²) in [6.07, 6.45) is 1.92. The number of anilines is 1. The fourth-order valence-corrected chi connectivity index (χ4v) is 1.87. The van der Waals surface area contributed by atoms with Gasteiger partial charge in [-0.15, -0.1) is 0 Å². The van der Waals surface area contributed by atoms with Gasteiger partial charge in [0.1, 0.15) is 5.69 Å². The van der Waals surface area contributed by atoms with Crippen molar-refractivity contribution in [2.24, 2.45) is 0 Å². The molecule has 0 saturated carbocycles. The highest BCUT2D eigenvalue weighted by atomic mass is 16.5. The van der Waals surface area contributed by atoms with Crippen LogP contribution in [0.2, 0.25) is 0 Å². The quantitative estimate of drug-likeness (QED) is 0.655. The van der Waals surface area contributed by atoms with Crippen molar-refractivity contribution >= 4 is 5.69 Å². The Morgan fingerprint density at radius 3 is 2.53 bits per heavy atom. The molecule has 0 spiro atoms. The summed E-state index contributed by atoms with van der Waals surface area (Å²) in [6.45, 7) is 1.88. The molecule has 1 fully saturated rings. The second-order valence-electron chi connectivity index (χ2n) is 3.74. The van der Waals surface area contributed by atoms with E-state index in [1.807, 2.05) is 0 Å². The number of hydrogen-bond donors (Lipinski definition) is 2. The van der Waals surface area contributed by atoms with Gasteiger partial charge in [-0.1, -0.05) is 0 Å². The molecule has 0 aromatic heterocycles. The molecule has 1 aliphatic rings. The van der Waals surface area contributed by atoms with Gasteiger partial charge < -0.3 is 15.4 Å². The minimum atomic E-state index is -0.520. The lowest BCUT2D eigenvalue weighted by Gasteiger charge is -2.25. The summed E-state index contributed by atoms with van der Waals surface area (Å²) >= 11 is 0. The lowest BCUT2D eigenvalue weighted by Crippen LogP contribution is -2.41. The highest BCUT2D eigenvalue weighted by molar-refractivity contribution is 5.62. The number of hydrogen-bond acceptors (Lipinski definition) is 5. The van der Waals surface area contributed by atoms with Crippen molar-refractivity contribution in [2.75, 3.05) is 25.5 Å². The molecular formula is C10H14N2O3. The Hall–Kier alpha value is -1.36. The predicted molar refractivity (Wildman–Crippen MR) is 57.4 cm³/mol. The molecule has 0 radical (unpaired) electrons. The van der Waals surface area contributed by atoms with Gasteiger partial charge in [0, 0.05) is 6.04 Å². The maximum Gasteiger partial charge on any atom is 0.271 e. The molecule has 1 aromatic rings. The average molecular weight is 210 g/mol. The first-order chi connectivity index (χ1) is 7.24. The zero-order valence-corrected chi connectivity index (χ0v) is 8.63. The Labute approximate surface area is 87.1 Å². The van der Waals surface area contributed by atoms with Gasteiger partial charge in [-0.25, -0.2) is 0 Å². The van der Waals surface area contributed by atoms with Gasteiger partial charge in [0.25, 0.3) is 10.9 Å². The highest BCUT2D eigenvalue weighted by Gasteiger charge is 2.24. The SMILES string of the molecule is COc1c(NC2CCNCC2)c(=O)c1=O. The lowest BCUT2D eigenvalue weighted by atomic mass is 10.1. The molecule has 5 nitrogen and oxygen atoms in total. The summed E-state index contributed by atoms with van der Waals surface area (Å²) < 4.78 is 4.85. The topological polar surface area (TPSA) is 67.4 Å². The molecule has 0 bridgehead atoms. The van der Waals surface area contributed by atoms with Gasteiger partial charge in [0.05, 0.1) is 7.11 Å². The number of nitrogens with one attached hydrogen (secondary N) is 2. The lowest BCUT2D eigenvalue weighted by molar-refractivity contribution is 0.404. The monoisotopic (exact) mass is 210 g/mol. The molecule has 0 atom stereocenters. The number of piperidine rings is 1. The van der Waals surface area contributed by atoms with Crippen LogP contribution >= 0.6 is 0 Å². The maximum absolute atomic E-state index is 11.2. The summed E-state index contributed by atoms with van der Waals surface area (Å²) in [7, 11) is 1.41. The van der Waals surface area contributed by atoms with Crippen molar-refractivity contribution in [3.8, 4) is 5.75 Å². The third-order valence-electron chi connectivity index (χ3n) is 2.76. The van der Waals surface area contributed by atoms with Crippen LogP contribution in [-0.4, -0.2) is 26.2 Å². The number of rotatable bonds is 3. The van der Waals surface area contributed by atoms with E-state index in [0.717, 1.165) is 25.9 Å². The van der Waals surface area contributed by atoms with Crippen LogP contribution in [0.5, 0.6) is 5.75 Å². The first-order valence-electron chi connectivity index (χ1n) is 5.08. The molecular weight excluding hydrogens is 196 g/mol. The molecule has 0 amide bonds. The van der Waals surface area contributed by atoms with Crippen molar-refractivity contribution in [2.45, 2.75) is 18.9 Å². The van der Waals surface area contributed by atoms with Crippen LogP contribution in [0.4, 0.5) is 5.69 Å². The normalized spacial score (nSPS) is 17.9. The molecule has 0 aliphatic carbocycles. The summed E-state index contributed by atoms with van der Waals surface area (Å²) in [5.74, 6) is 0.179. The van der Waals surface area contributed by atoms with Crippen LogP contribution in [0.15, 0.2) is 9.59 Å². The molecule has 1 saturated heterocycles. The molecule has 2 rings (SSSR count). The number of methoxy groups -OCH3 is 1. The van der Waals surface area contributed by atoms with Gasteiger partial charge in [-0.3, -0.25) is 9.59 Å². The van der Waals surface area contributed by atoms with E-state index < -0.39 is 10.9 Å². The first kappa shape index (κ1) is 10.2. The molecule has 1 aromatic carbocycles. The van der Waals surface area contributed by atoms with Crippen molar-refractivity contribution in [1.29, 1.82) is 0 Å². The molecule has 0 unspecified atom stereocenters. The van der Waals surface area contributed by atoms with Crippen molar-refractivity contribution in [3.05, 3.63) is 20.4 Å². The molecule has 82 valence electrons. The van der Waals surface area contributed by atoms with E-state index in [9.17, 15) is 9.59 Å². The second kappa shape index (κ2) is 4.02. The number of ether oxygens (including phenoxy) is 1. The Balaban J connectivity index is 2.07. The standard InChI is InChI=1S/C10H14N2O3/c1-15-10-7(8(13)9(10)14)12-6-2-4-11-5-3-6/h6,11-12H,2-5H2,1H3. The van der Waals surface area contributed by atoms with Gasteiger partial charge in [-0.2, -0.15) is 0 Å². The first-order valence-corrected chi connectivity index (χ1v) is 5.08.